The molecule has 6 heteroatoms. The maximum atomic E-state index is 12.9. The molecule has 0 fully saturated rings. The summed E-state index contributed by atoms with van der Waals surface area (Å²) in [5.74, 6) is -0.449. The molecule has 0 bridgehead atoms. The van der Waals surface area contributed by atoms with Crippen molar-refractivity contribution in [1.82, 2.24) is 15.0 Å². The van der Waals surface area contributed by atoms with Crippen molar-refractivity contribution in [3.8, 4) is 0 Å². The van der Waals surface area contributed by atoms with Gasteiger partial charge in [0.15, 0.2) is 5.78 Å². The highest BCUT2D eigenvalue weighted by molar-refractivity contribution is 5.99. The lowest BCUT2D eigenvalue weighted by molar-refractivity contribution is -0.143. The molecule has 0 aliphatic heterocycles. The van der Waals surface area contributed by atoms with Gasteiger partial charge in [0, 0.05) is 12.0 Å². The van der Waals surface area contributed by atoms with Crippen molar-refractivity contribution in [2.24, 2.45) is 0 Å². The van der Waals surface area contributed by atoms with E-state index in [4.69, 9.17) is 4.74 Å². The first-order chi connectivity index (χ1) is 12.2. The number of esters is 1. The summed E-state index contributed by atoms with van der Waals surface area (Å²) in [4.78, 5) is 26.1. The largest absolute Gasteiger partial charge is 0.466 e. The van der Waals surface area contributed by atoms with Crippen LogP contribution in [0.1, 0.15) is 36.2 Å². The lowest BCUT2D eigenvalue weighted by atomic mass is 10.0. The summed E-state index contributed by atoms with van der Waals surface area (Å²) in [5.41, 5.74) is 1.99. The van der Waals surface area contributed by atoms with E-state index in [2.05, 4.69) is 10.2 Å². The number of hydrogen-bond donors (Lipinski definition) is 0. The number of nitrogens with zero attached hydrogens (tertiary/aromatic N) is 3. The number of carbonyl (C=O) groups excluding carboxylic acids is 2. The van der Waals surface area contributed by atoms with Crippen LogP contribution in [-0.4, -0.2) is 33.4 Å². The summed E-state index contributed by atoms with van der Waals surface area (Å²) < 4.78 is 4.97. The molecule has 6 nitrogen and oxygen atoms in total. The van der Waals surface area contributed by atoms with E-state index in [0.717, 1.165) is 0 Å². The van der Waals surface area contributed by atoms with Gasteiger partial charge in [0.1, 0.15) is 17.1 Å². The molecule has 0 saturated carbocycles. The highest BCUT2D eigenvalue weighted by Crippen LogP contribution is 2.21. The SMILES string of the molecule is CCOC(=O)CCC(C(=O)c1ccccc1)n1nc2ccccc2n1. The summed E-state index contributed by atoms with van der Waals surface area (Å²) in [6, 6.07) is 15.7. The Balaban J connectivity index is 1.90. The molecule has 0 saturated heterocycles. The Hall–Kier alpha value is -3.02. The standard InChI is InChI=1S/C19H19N3O3/c1-2-25-18(23)13-12-17(19(24)14-8-4-3-5-9-14)22-20-15-10-6-7-11-16(15)21-22/h3-11,17H,2,12-13H2,1H3. The number of fused-ring (bicyclic) bond motifs is 1. The molecule has 2 aromatic carbocycles. The van der Waals surface area contributed by atoms with Crippen molar-refractivity contribution < 1.29 is 14.3 Å². The normalized spacial score (nSPS) is 12.0. The van der Waals surface area contributed by atoms with E-state index < -0.39 is 6.04 Å². The summed E-state index contributed by atoms with van der Waals surface area (Å²) >= 11 is 0. The summed E-state index contributed by atoms with van der Waals surface area (Å²) in [7, 11) is 0. The second kappa shape index (κ2) is 7.70. The molecule has 1 aromatic heterocycles. The van der Waals surface area contributed by atoms with E-state index >= 15 is 0 Å². The third-order valence-electron chi connectivity index (χ3n) is 3.87. The monoisotopic (exact) mass is 337 g/mol. The molecule has 1 heterocycles. The lowest BCUT2D eigenvalue weighted by Crippen LogP contribution is -2.23. The number of benzene rings is 2. The molecule has 0 aliphatic carbocycles. The molecule has 128 valence electrons. The van der Waals surface area contributed by atoms with Crippen LogP contribution in [0.3, 0.4) is 0 Å². The minimum Gasteiger partial charge on any atom is -0.466 e. The van der Waals surface area contributed by atoms with Crippen LogP contribution < -0.4 is 0 Å². The van der Waals surface area contributed by atoms with Gasteiger partial charge < -0.3 is 4.74 Å². The van der Waals surface area contributed by atoms with Crippen molar-refractivity contribution in [1.29, 1.82) is 0 Å². The smallest absolute Gasteiger partial charge is 0.305 e. The highest BCUT2D eigenvalue weighted by Gasteiger charge is 2.25. The van der Waals surface area contributed by atoms with Crippen molar-refractivity contribution in [2.75, 3.05) is 6.61 Å². The molecule has 0 aliphatic rings. The Morgan fingerprint density at radius 2 is 1.60 bits per heavy atom. The first-order valence-electron chi connectivity index (χ1n) is 8.25. The van der Waals surface area contributed by atoms with E-state index in [1.165, 1.54) is 4.80 Å². The topological polar surface area (TPSA) is 74.1 Å². The van der Waals surface area contributed by atoms with E-state index in [1.807, 2.05) is 42.5 Å². The summed E-state index contributed by atoms with van der Waals surface area (Å²) in [5, 5.41) is 8.83. The molecule has 25 heavy (non-hydrogen) atoms. The van der Waals surface area contributed by atoms with Crippen LogP contribution in [0.4, 0.5) is 0 Å². The molecule has 0 spiro atoms. The van der Waals surface area contributed by atoms with Crippen molar-refractivity contribution in [2.45, 2.75) is 25.8 Å². The van der Waals surface area contributed by atoms with Gasteiger partial charge in [-0.15, -0.1) is 0 Å². The fraction of sp³-hybridized carbons (Fsp3) is 0.263. The van der Waals surface area contributed by atoms with Crippen LogP contribution in [0, 0.1) is 0 Å². The summed E-state index contributed by atoms with van der Waals surface area (Å²) in [6.07, 6.45) is 0.419. The number of ether oxygens (including phenoxy) is 1. The molecular weight excluding hydrogens is 318 g/mol. The lowest BCUT2D eigenvalue weighted by Gasteiger charge is -2.14. The van der Waals surface area contributed by atoms with Crippen LogP contribution in [0.5, 0.6) is 0 Å². The van der Waals surface area contributed by atoms with E-state index in [1.54, 1.807) is 19.1 Å². The van der Waals surface area contributed by atoms with E-state index in [9.17, 15) is 9.59 Å². The average Bonchev–Trinajstić information content (AvgIpc) is 3.06. The summed E-state index contributed by atoms with van der Waals surface area (Å²) in [6.45, 7) is 2.08. The van der Waals surface area contributed by atoms with Crippen LogP contribution in [0.15, 0.2) is 54.6 Å². The maximum absolute atomic E-state index is 12.9. The number of aromatic nitrogens is 3. The third kappa shape index (κ3) is 3.91. The molecular formula is C19H19N3O3. The fourth-order valence-corrected chi connectivity index (χ4v) is 2.65. The minimum atomic E-state index is -0.654. The van der Waals surface area contributed by atoms with Gasteiger partial charge in [-0.2, -0.15) is 15.0 Å². The van der Waals surface area contributed by atoms with E-state index in [0.29, 0.717) is 23.2 Å². The Morgan fingerprint density at radius 3 is 2.20 bits per heavy atom. The van der Waals surface area contributed by atoms with Gasteiger partial charge in [-0.05, 0) is 25.5 Å². The van der Waals surface area contributed by atoms with Gasteiger partial charge in [0.05, 0.1) is 6.61 Å². The molecule has 0 N–H and O–H groups in total. The fourth-order valence-electron chi connectivity index (χ4n) is 2.65. The Bertz CT molecular complexity index is 841. The zero-order chi connectivity index (χ0) is 17.6. The molecule has 3 aromatic rings. The van der Waals surface area contributed by atoms with Gasteiger partial charge in [0.2, 0.25) is 0 Å². The zero-order valence-corrected chi connectivity index (χ0v) is 14.0. The number of Topliss-reactive ketones (excluding diaryl/α,β-unsaturated/α-hetero) is 1. The van der Waals surface area contributed by atoms with Gasteiger partial charge in [-0.1, -0.05) is 42.5 Å². The predicted molar refractivity (Wildman–Crippen MR) is 93.2 cm³/mol. The van der Waals surface area contributed by atoms with Gasteiger partial charge in [-0.3, -0.25) is 9.59 Å². The zero-order valence-electron chi connectivity index (χ0n) is 14.0. The predicted octanol–water partition coefficient (Wildman–Crippen LogP) is 3.20. The highest BCUT2D eigenvalue weighted by atomic mass is 16.5. The van der Waals surface area contributed by atoms with Crippen LogP contribution in [0.25, 0.3) is 11.0 Å². The second-order valence-corrected chi connectivity index (χ2v) is 5.60. The average molecular weight is 337 g/mol. The molecule has 1 atom stereocenters. The van der Waals surface area contributed by atoms with E-state index in [-0.39, 0.29) is 24.6 Å². The van der Waals surface area contributed by atoms with Crippen LogP contribution in [0.2, 0.25) is 0 Å². The Morgan fingerprint density at radius 1 is 1.00 bits per heavy atom. The van der Waals surface area contributed by atoms with Crippen LogP contribution >= 0.6 is 0 Å². The Kier molecular flexibility index (Phi) is 5.18. The van der Waals surface area contributed by atoms with Gasteiger partial charge in [0.25, 0.3) is 0 Å². The molecule has 0 radical (unpaired) electrons. The number of carbonyl (C=O) groups is 2. The first-order valence-corrected chi connectivity index (χ1v) is 8.25. The molecule has 3 rings (SSSR count). The number of hydrogen-bond acceptors (Lipinski definition) is 5. The Labute approximate surface area is 145 Å². The third-order valence-corrected chi connectivity index (χ3v) is 3.87. The molecule has 1 unspecified atom stereocenters. The van der Waals surface area contributed by atoms with Gasteiger partial charge >= 0.3 is 5.97 Å². The number of ketones is 1. The quantitative estimate of drug-likeness (QED) is 0.489. The maximum Gasteiger partial charge on any atom is 0.305 e. The van der Waals surface area contributed by atoms with Crippen LogP contribution in [-0.2, 0) is 9.53 Å². The van der Waals surface area contributed by atoms with Crippen molar-refractivity contribution in [3.63, 3.8) is 0 Å². The molecule has 0 amide bonds. The second-order valence-electron chi connectivity index (χ2n) is 5.60. The van der Waals surface area contributed by atoms with Crippen molar-refractivity contribution >= 4 is 22.8 Å². The van der Waals surface area contributed by atoms with Crippen molar-refractivity contribution in [3.05, 3.63) is 60.2 Å². The first kappa shape index (κ1) is 16.8. The minimum absolute atomic E-state index is 0.120. The van der Waals surface area contributed by atoms with Gasteiger partial charge in [-0.25, -0.2) is 0 Å². The number of rotatable bonds is 7.